The van der Waals surface area contributed by atoms with Crippen molar-refractivity contribution in [2.24, 2.45) is 0 Å². The molecule has 0 aliphatic carbocycles. The second kappa shape index (κ2) is 7.79. The second-order valence-electron chi connectivity index (χ2n) is 5.63. The van der Waals surface area contributed by atoms with Gasteiger partial charge in [-0.2, -0.15) is 0 Å². The number of para-hydroxylation sites is 4. The molecule has 3 rings (SSSR count). The number of hydrogen-bond donors (Lipinski definition) is 1. The van der Waals surface area contributed by atoms with E-state index in [0.717, 1.165) is 5.69 Å². The minimum atomic E-state index is -0.536. The molecule has 25 heavy (non-hydrogen) atoms. The number of ether oxygens (including phenoxy) is 3. The highest BCUT2D eigenvalue weighted by Crippen LogP contribution is 2.33. The molecule has 1 aliphatic rings. The second-order valence-corrected chi connectivity index (χ2v) is 5.63. The van der Waals surface area contributed by atoms with Crippen LogP contribution in [-0.4, -0.2) is 45.9 Å². The number of carbonyl (C=O) groups excluding carboxylic acids is 1. The van der Waals surface area contributed by atoms with Crippen LogP contribution < -0.4 is 24.4 Å². The highest BCUT2D eigenvalue weighted by molar-refractivity contribution is 5.83. The van der Waals surface area contributed by atoms with E-state index in [-0.39, 0.29) is 5.91 Å². The van der Waals surface area contributed by atoms with Crippen LogP contribution in [0.2, 0.25) is 0 Å². The zero-order valence-corrected chi connectivity index (χ0v) is 14.4. The molecule has 0 saturated heterocycles. The molecule has 0 spiro atoms. The molecule has 1 atom stereocenters. The summed E-state index contributed by atoms with van der Waals surface area (Å²) in [7, 11) is 3.23. The maximum atomic E-state index is 12.0. The Morgan fingerprint density at radius 3 is 2.68 bits per heavy atom. The van der Waals surface area contributed by atoms with E-state index in [0.29, 0.717) is 36.9 Å². The summed E-state index contributed by atoms with van der Waals surface area (Å²) < 4.78 is 17.0. The highest BCUT2D eigenvalue weighted by atomic mass is 16.5. The molecule has 0 bridgehead atoms. The fraction of sp³-hybridized carbons (Fsp3) is 0.316. The largest absolute Gasteiger partial charge is 0.493 e. The minimum absolute atomic E-state index is 0.134. The first-order chi connectivity index (χ1) is 12.2. The lowest BCUT2D eigenvalue weighted by molar-refractivity contribution is -0.127. The summed E-state index contributed by atoms with van der Waals surface area (Å²) in [5.74, 6) is 1.98. The van der Waals surface area contributed by atoms with Crippen molar-refractivity contribution in [2.45, 2.75) is 6.10 Å². The third-order valence-corrected chi connectivity index (χ3v) is 4.09. The number of hydrogen-bond acceptors (Lipinski definition) is 5. The van der Waals surface area contributed by atoms with Gasteiger partial charge in [0.2, 0.25) is 0 Å². The van der Waals surface area contributed by atoms with Crippen LogP contribution in [0.4, 0.5) is 5.69 Å². The lowest BCUT2D eigenvalue weighted by atomic mass is 10.2. The Morgan fingerprint density at radius 2 is 1.92 bits per heavy atom. The Kier molecular flexibility index (Phi) is 5.28. The predicted octanol–water partition coefficient (Wildman–Crippen LogP) is 2.09. The van der Waals surface area contributed by atoms with Crippen LogP contribution in [0.5, 0.6) is 17.2 Å². The SMILES string of the molecule is CNC(=O)C1CN(CCOc2ccccc2OC)c2ccccc2O1. The summed E-state index contributed by atoms with van der Waals surface area (Å²) in [4.78, 5) is 14.1. The minimum Gasteiger partial charge on any atom is -0.493 e. The standard InChI is InChI=1S/C19H22N2O4/c1-20-19(22)18-13-21(14-7-3-4-8-15(14)25-18)11-12-24-17-10-6-5-9-16(17)23-2/h3-10,18H,11-13H2,1-2H3,(H,20,22). The summed E-state index contributed by atoms with van der Waals surface area (Å²) in [5, 5.41) is 2.64. The molecule has 0 radical (unpaired) electrons. The zero-order chi connectivity index (χ0) is 17.6. The number of likely N-dealkylation sites (N-methyl/N-ethyl adjacent to an activating group) is 1. The van der Waals surface area contributed by atoms with Crippen LogP contribution in [0.25, 0.3) is 0 Å². The van der Waals surface area contributed by atoms with Gasteiger partial charge in [0.1, 0.15) is 12.4 Å². The molecule has 0 saturated carbocycles. The van der Waals surface area contributed by atoms with Crippen molar-refractivity contribution in [1.82, 2.24) is 5.32 Å². The van der Waals surface area contributed by atoms with E-state index in [2.05, 4.69) is 10.2 Å². The van der Waals surface area contributed by atoms with E-state index in [1.807, 2.05) is 48.5 Å². The van der Waals surface area contributed by atoms with E-state index < -0.39 is 6.10 Å². The van der Waals surface area contributed by atoms with Gasteiger partial charge in [-0.25, -0.2) is 0 Å². The average Bonchev–Trinajstić information content (AvgIpc) is 2.67. The van der Waals surface area contributed by atoms with Gasteiger partial charge in [-0.15, -0.1) is 0 Å². The normalized spacial score (nSPS) is 15.8. The number of carbonyl (C=O) groups is 1. The van der Waals surface area contributed by atoms with E-state index in [9.17, 15) is 4.79 Å². The molecule has 132 valence electrons. The van der Waals surface area contributed by atoms with Crippen molar-refractivity contribution in [1.29, 1.82) is 0 Å². The van der Waals surface area contributed by atoms with Gasteiger partial charge in [0.05, 0.1) is 25.9 Å². The Bertz CT molecular complexity index is 735. The van der Waals surface area contributed by atoms with Crippen molar-refractivity contribution in [3.63, 3.8) is 0 Å². The van der Waals surface area contributed by atoms with Crippen LogP contribution in [0, 0.1) is 0 Å². The summed E-state index contributed by atoms with van der Waals surface area (Å²) in [6, 6.07) is 15.3. The number of nitrogens with one attached hydrogen (secondary N) is 1. The third kappa shape index (κ3) is 3.79. The summed E-state index contributed by atoms with van der Waals surface area (Å²) in [6.45, 7) is 1.58. The maximum absolute atomic E-state index is 12.0. The average molecular weight is 342 g/mol. The van der Waals surface area contributed by atoms with Gasteiger partial charge < -0.3 is 24.4 Å². The van der Waals surface area contributed by atoms with E-state index in [1.165, 1.54) is 0 Å². The molecule has 6 nitrogen and oxygen atoms in total. The van der Waals surface area contributed by atoms with E-state index in [1.54, 1.807) is 14.2 Å². The fourth-order valence-corrected chi connectivity index (χ4v) is 2.82. The van der Waals surface area contributed by atoms with Gasteiger partial charge in [0.25, 0.3) is 5.91 Å². The molecule has 1 aliphatic heterocycles. The van der Waals surface area contributed by atoms with Crippen molar-refractivity contribution in [2.75, 3.05) is 38.8 Å². The summed E-state index contributed by atoms with van der Waals surface area (Å²) in [5.41, 5.74) is 0.964. The van der Waals surface area contributed by atoms with Crippen LogP contribution in [0.3, 0.4) is 0 Å². The first kappa shape index (κ1) is 17.0. The van der Waals surface area contributed by atoms with Crippen molar-refractivity contribution in [3.05, 3.63) is 48.5 Å². The number of amides is 1. The lowest BCUT2D eigenvalue weighted by Crippen LogP contribution is -2.49. The lowest BCUT2D eigenvalue weighted by Gasteiger charge is -2.35. The predicted molar refractivity (Wildman–Crippen MR) is 95.6 cm³/mol. The molecule has 1 unspecified atom stereocenters. The molecule has 6 heteroatoms. The molecular weight excluding hydrogens is 320 g/mol. The van der Waals surface area contributed by atoms with Gasteiger partial charge in [-0.3, -0.25) is 4.79 Å². The molecule has 2 aromatic carbocycles. The molecule has 1 N–H and O–H groups in total. The van der Waals surface area contributed by atoms with Gasteiger partial charge >= 0.3 is 0 Å². The fourth-order valence-electron chi connectivity index (χ4n) is 2.82. The van der Waals surface area contributed by atoms with Gasteiger partial charge in [-0.05, 0) is 24.3 Å². The Labute approximate surface area is 147 Å². The Morgan fingerprint density at radius 1 is 1.20 bits per heavy atom. The molecule has 0 fully saturated rings. The van der Waals surface area contributed by atoms with Crippen LogP contribution >= 0.6 is 0 Å². The summed E-state index contributed by atoms with van der Waals surface area (Å²) in [6.07, 6.45) is -0.536. The first-order valence-electron chi connectivity index (χ1n) is 8.21. The Hall–Kier alpha value is -2.89. The van der Waals surface area contributed by atoms with Crippen molar-refractivity contribution in [3.8, 4) is 17.2 Å². The molecule has 2 aromatic rings. The third-order valence-electron chi connectivity index (χ3n) is 4.09. The molecule has 1 amide bonds. The van der Waals surface area contributed by atoms with E-state index >= 15 is 0 Å². The monoisotopic (exact) mass is 342 g/mol. The number of nitrogens with zero attached hydrogens (tertiary/aromatic N) is 1. The maximum Gasteiger partial charge on any atom is 0.262 e. The van der Waals surface area contributed by atoms with Gasteiger partial charge in [0.15, 0.2) is 17.6 Å². The van der Waals surface area contributed by atoms with Crippen molar-refractivity contribution >= 4 is 11.6 Å². The summed E-state index contributed by atoms with van der Waals surface area (Å²) >= 11 is 0. The van der Waals surface area contributed by atoms with Crippen molar-refractivity contribution < 1.29 is 19.0 Å². The van der Waals surface area contributed by atoms with Crippen LogP contribution in [0.15, 0.2) is 48.5 Å². The molecule has 0 aromatic heterocycles. The van der Waals surface area contributed by atoms with Gasteiger partial charge in [0, 0.05) is 7.05 Å². The number of rotatable bonds is 6. The zero-order valence-electron chi connectivity index (χ0n) is 14.4. The topological polar surface area (TPSA) is 60.0 Å². The smallest absolute Gasteiger partial charge is 0.262 e. The molecular formula is C19H22N2O4. The highest BCUT2D eigenvalue weighted by Gasteiger charge is 2.29. The van der Waals surface area contributed by atoms with Crippen LogP contribution in [-0.2, 0) is 4.79 Å². The number of methoxy groups -OCH3 is 1. The first-order valence-corrected chi connectivity index (χ1v) is 8.21. The van der Waals surface area contributed by atoms with Crippen LogP contribution in [0.1, 0.15) is 0 Å². The molecule has 1 heterocycles. The number of fused-ring (bicyclic) bond motifs is 1. The number of benzene rings is 2. The quantitative estimate of drug-likeness (QED) is 0.871. The number of anilines is 1. The van der Waals surface area contributed by atoms with Gasteiger partial charge in [-0.1, -0.05) is 24.3 Å². The van der Waals surface area contributed by atoms with E-state index in [4.69, 9.17) is 14.2 Å². The Balaban J connectivity index is 1.69.